The van der Waals surface area contributed by atoms with Crippen LogP contribution in [0.15, 0.2) is 87.2 Å². The Morgan fingerprint density at radius 3 is 2.43 bits per heavy atom. The average molecular weight is 532 g/mol. The molecule has 1 fully saturated rings. The molecular weight excluding hydrogens is 510 g/mol. The van der Waals surface area contributed by atoms with Gasteiger partial charge in [-0.1, -0.05) is 59.0 Å². The third kappa shape index (κ3) is 4.02. The Kier molecular flexibility index (Phi) is 5.85. The average Bonchev–Trinajstić information content (AvgIpc) is 3.59. The van der Waals surface area contributed by atoms with Gasteiger partial charge in [0.05, 0.1) is 33.7 Å². The van der Waals surface area contributed by atoms with Gasteiger partial charge in [0.2, 0.25) is 17.7 Å². The Morgan fingerprint density at radius 1 is 0.973 bits per heavy atom. The van der Waals surface area contributed by atoms with Crippen molar-refractivity contribution in [3.05, 3.63) is 98.9 Å². The Morgan fingerprint density at radius 2 is 1.73 bits per heavy atom. The summed E-state index contributed by atoms with van der Waals surface area (Å²) in [6.07, 6.45) is 1.51. The highest BCUT2D eigenvalue weighted by Gasteiger charge is 2.57. The minimum absolute atomic E-state index is 0.210. The number of fused-ring (bicyclic) bond motifs is 2. The molecule has 3 amide bonds. The molecule has 6 rings (SSSR count). The van der Waals surface area contributed by atoms with Crippen LogP contribution in [0.5, 0.6) is 0 Å². The third-order valence-electron chi connectivity index (χ3n) is 6.55. The standard InChI is InChI=1S/C27H21N3O5S2/c1-15-9-11-16(12-10-15)28-19(31)14-29-26-23(37-27(29)34)20(18-8-5-13-35-18)21-22(36-26)25(33)30(24(21)32)17-6-3-2-4-7-17/h2-13,20-22H,14H2,1H3,(H,28,31). The maximum Gasteiger partial charge on any atom is 0.308 e. The van der Waals surface area contributed by atoms with Crippen molar-refractivity contribution in [3.63, 3.8) is 0 Å². The SMILES string of the molecule is Cc1ccc(NC(=O)Cn2c3c(sc2=O)C(c2ccco2)C2C(=O)N(c4ccccc4)C(=O)C2S3)cc1. The predicted octanol–water partition coefficient (Wildman–Crippen LogP) is 4.25. The van der Waals surface area contributed by atoms with E-state index in [1.807, 2.05) is 25.1 Å². The molecule has 1 N–H and O–H groups in total. The molecule has 186 valence electrons. The van der Waals surface area contributed by atoms with E-state index in [1.54, 1.807) is 48.5 Å². The Labute approximate surface area is 219 Å². The van der Waals surface area contributed by atoms with Gasteiger partial charge in [0.1, 0.15) is 17.6 Å². The fraction of sp³-hybridized carbons (Fsp3) is 0.185. The summed E-state index contributed by atoms with van der Waals surface area (Å²) in [5, 5.41) is 2.59. The number of rotatable bonds is 5. The number of para-hydroxylation sites is 1. The van der Waals surface area contributed by atoms with Gasteiger partial charge >= 0.3 is 4.87 Å². The van der Waals surface area contributed by atoms with E-state index in [1.165, 1.54) is 27.5 Å². The van der Waals surface area contributed by atoms with Crippen LogP contribution < -0.4 is 15.1 Å². The smallest absolute Gasteiger partial charge is 0.308 e. The maximum absolute atomic E-state index is 13.7. The largest absolute Gasteiger partial charge is 0.469 e. The van der Waals surface area contributed by atoms with Gasteiger partial charge in [0, 0.05) is 5.69 Å². The van der Waals surface area contributed by atoms with E-state index >= 15 is 0 Å². The number of nitrogens with one attached hydrogen (secondary N) is 1. The van der Waals surface area contributed by atoms with Crippen LogP contribution in [0.3, 0.4) is 0 Å². The summed E-state index contributed by atoms with van der Waals surface area (Å²) in [7, 11) is 0. The van der Waals surface area contributed by atoms with Gasteiger partial charge in [0.15, 0.2) is 0 Å². The first-order chi connectivity index (χ1) is 17.9. The van der Waals surface area contributed by atoms with Crippen molar-refractivity contribution in [1.29, 1.82) is 0 Å². The van der Waals surface area contributed by atoms with E-state index in [2.05, 4.69) is 5.32 Å². The van der Waals surface area contributed by atoms with Crippen LogP contribution in [0, 0.1) is 12.8 Å². The lowest BCUT2D eigenvalue weighted by atomic mass is 9.87. The Bertz CT molecular complexity index is 1560. The summed E-state index contributed by atoms with van der Waals surface area (Å²) in [6, 6.07) is 19.7. The first kappa shape index (κ1) is 23.5. The molecule has 10 heteroatoms. The van der Waals surface area contributed by atoms with Crippen LogP contribution in [0.25, 0.3) is 0 Å². The van der Waals surface area contributed by atoms with E-state index in [4.69, 9.17) is 4.42 Å². The number of hydrogen-bond acceptors (Lipinski definition) is 7. The minimum atomic E-state index is -0.754. The molecule has 0 radical (unpaired) electrons. The normalized spacial score (nSPS) is 20.6. The number of anilines is 2. The number of hydrogen-bond donors (Lipinski definition) is 1. The number of aryl methyl sites for hydroxylation is 1. The predicted molar refractivity (Wildman–Crippen MR) is 141 cm³/mol. The van der Waals surface area contributed by atoms with Crippen molar-refractivity contribution >= 4 is 52.2 Å². The summed E-state index contributed by atoms with van der Waals surface area (Å²) in [5.41, 5.74) is 2.20. The molecular formula is C27H21N3O5S2. The van der Waals surface area contributed by atoms with Gasteiger partial charge < -0.3 is 9.73 Å². The molecule has 1 saturated heterocycles. The number of thioether (sulfide) groups is 1. The molecule has 3 atom stereocenters. The number of amides is 3. The number of aromatic nitrogens is 1. The zero-order valence-corrected chi connectivity index (χ0v) is 21.3. The molecule has 2 aromatic heterocycles. The van der Waals surface area contributed by atoms with Gasteiger partial charge in [0.25, 0.3) is 0 Å². The van der Waals surface area contributed by atoms with E-state index in [-0.39, 0.29) is 29.1 Å². The fourth-order valence-electron chi connectivity index (χ4n) is 4.84. The van der Waals surface area contributed by atoms with E-state index in [9.17, 15) is 19.2 Å². The van der Waals surface area contributed by atoms with Crippen molar-refractivity contribution in [2.45, 2.75) is 29.7 Å². The highest BCUT2D eigenvalue weighted by molar-refractivity contribution is 8.00. The highest BCUT2D eigenvalue weighted by Crippen LogP contribution is 2.53. The summed E-state index contributed by atoms with van der Waals surface area (Å²) in [4.78, 5) is 54.7. The molecule has 4 heterocycles. The first-order valence-electron chi connectivity index (χ1n) is 11.7. The topological polar surface area (TPSA) is 102 Å². The van der Waals surface area contributed by atoms with Gasteiger partial charge in [-0.25, -0.2) is 4.90 Å². The fourth-order valence-corrected chi connectivity index (χ4v) is 7.60. The summed E-state index contributed by atoms with van der Waals surface area (Å²) in [6.45, 7) is 1.75. The van der Waals surface area contributed by atoms with Crippen molar-refractivity contribution in [1.82, 2.24) is 4.57 Å². The molecule has 2 aliphatic heterocycles. The molecule has 37 heavy (non-hydrogen) atoms. The second-order valence-electron chi connectivity index (χ2n) is 8.94. The number of carbonyl (C=O) groups is 3. The van der Waals surface area contributed by atoms with Gasteiger partial charge in [-0.3, -0.25) is 23.7 Å². The van der Waals surface area contributed by atoms with Gasteiger partial charge in [-0.2, -0.15) is 0 Å². The molecule has 2 aromatic carbocycles. The lowest BCUT2D eigenvalue weighted by molar-refractivity contribution is -0.122. The molecule has 0 saturated carbocycles. The summed E-state index contributed by atoms with van der Waals surface area (Å²) >= 11 is 2.16. The molecule has 2 aliphatic rings. The maximum atomic E-state index is 13.7. The van der Waals surface area contributed by atoms with Gasteiger partial charge in [-0.05, 0) is 43.3 Å². The zero-order valence-electron chi connectivity index (χ0n) is 19.6. The van der Waals surface area contributed by atoms with Crippen molar-refractivity contribution in [2.75, 3.05) is 10.2 Å². The van der Waals surface area contributed by atoms with E-state index < -0.39 is 17.1 Å². The second-order valence-corrected chi connectivity index (χ2v) is 11.1. The zero-order chi connectivity index (χ0) is 25.7. The number of carbonyl (C=O) groups excluding carboxylic acids is 3. The van der Waals surface area contributed by atoms with Crippen LogP contribution >= 0.6 is 23.1 Å². The number of nitrogens with zero attached hydrogens (tertiary/aromatic N) is 2. The van der Waals surface area contributed by atoms with Crippen molar-refractivity contribution in [2.24, 2.45) is 5.92 Å². The second kappa shape index (κ2) is 9.20. The van der Waals surface area contributed by atoms with Crippen LogP contribution in [-0.2, 0) is 20.9 Å². The van der Waals surface area contributed by atoms with Crippen LogP contribution in [-0.4, -0.2) is 27.5 Å². The minimum Gasteiger partial charge on any atom is -0.469 e. The molecule has 0 spiro atoms. The number of thiazole rings is 1. The quantitative estimate of drug-likeness (QED) is 0.387. The van der Waals surface area contributed by atoms with Crippen molar-refractivity contribution in [3.8, 4) is 0 Å². The third-order valence-corrected chi connectivity index (χ3v) is 9.15. The van der Waals surface area contributed by atoms with Crippen LogP contribution in [0.1, 0.15) is 22.1 Å². The number of benzene rings is 2. The lowest BCUT2D eigenvalue weighted by Gasteiger charge is -2.29. The molecule has 0 aliphatic carbocycles. The Hall–Kier alpha value is -3.89. The lowest BCUT2D eigenvalue weighted by Crippen LogP contribution is -2.32. The number of imide groups is 1. The summed E-state index contributed by atoms with van der Waals surface area (Å²) < 4.78 is 7.10. The van der Waals surface area contributed by atoms with Crippen LogP contribution in [0.2, 0.25) is 0 Å². The molecule has 0 bridgehead atoms. The Balaban J connectivity index is 1.38. The van der Waals surface area contributed by atoms with E-state index in [0.717, 1.165) is 16.9 Å². The highest BCUT2D eigenvalue weighted by atomic mass is 32.2. The van der Waals surface area contributed by atoms with Gasteiger partial charge in [-0.15, -0.1) is 0 Å². The first-order valence-corrected chi connectivity index (χ1v) is 13.3. The molecule has 3 unspecified atom stereocenters. The molecule has 4 aromatic rings. The van der Waals surface area contributed by atoms with E-state index in [0.29, 0.717) is 27.0 Å². The monoisotopic (exact) mass is 531 g/mol. The van der Waals surface area contributed by atoms with Crippen molar-refractivity contribution < 1.29 is 18.8 Å². The van der Waals surface area contributed by atoms with Crippen LogP contribution in [0.4, 0.5) is 11.4 Å². The summed E-state index contributed by atoms with van der Waals surface area (Å²) in [5.74, 6) is -1.87. The molecule has 8 nitrogen and oxygen atoms in total. The number of furan rings is 1.